The molecule has 0 radical (unpaired) electrons. The van der Waals surface area contributed by atoms with Crippen molar-refractivity contribution in [2.24, 2.45) is 11.8 Å². The number of esters is 2. The van der Waals surface area contributed by atoms with Crippen LogP contribution in [-0.2, 0) is 23.8 Å². The summed E-state index contributed by atoms with van der Waals surface area (Å²) >= 11 is 0. The Hall–Kier alpha value is -1.74. The van der Waals surface area contributed by atoms with Gasteiger partial charge in [-0.3, -0.25) is 4.79 Å². The third-order valence-corrected chi connectivity index (χ3v) is 6.17. The van der Waals surface area contributed by atoms with E-state index in [-0.39, 0.29) is 29.9 Å². The molecule has 3 aliphatic rings. The molecule has 3 heterocycles. The molecule has 8 nitrogen and oxygen atoms in total. The highest BCUT2D eigenvalue weighted by Gasteiger charge is 2.58. The second-order valence-corrected chi connectivity index (χ2v) is 8.18. The van der Waals surface area contributed by atoms with Crippen molar-refractivity contribution in [1.29, 1.82) is 0 Å². The van der Waals surface area contributed by atoms with E-state index in [1.165, 1.54) is 6.08 Å². The molecule has 0 unspecified atom stereocenters. The summed E-state index contributed by atoms with van der Waals surface area (Å²) in [6, 6.07) is 0. The minimum Gasteiger partial charge on any atom is -0.461 e. The molecule has 3 rings (SSSR count). The Morgan fingerprint density at radius 1 is 1.46 bits per heavy atom. The molecule has 2 fully saturated rings. The molecule has 28 heavy (non-hydrogen) atoms. The highest BCUT2D eigenvalue weighted by atomic mass is 16.7. The Kier molecular flexibility index (Phi) is 5.44. The molecule has 156 valence electrons. The zero-order valence-corrected chi connectivity index (χ0v) is 16.4. The monoisotopic (exact) mass is 396 g/mol. The Bertz CT molecular complexity index is 715. The predicted molar refractivity (Wildman–Crippen MR) is 96.7 cm³/mol. The molecule has 8 heteroatoms. The van der Waals surface area contributed by atoms with Crippen LogP contribution in [0.2, 0.25) is 0 Å². The zero-order valence-electron chi connectivity index (χ0n) is 16.4. The molecule has 0 saturated carbocycles. The summed E-state index contributed by atoms with van der Waals surface area (Å²) in [5, 5.41) is 31.3. The normalized spacial score (nSPS) is 43.1. The summed E-state index contributed by atoms with van der Waals surface area (Å²) in [5.41, 5.74) is -1.03. The van der Waals surface area contributed by atoms with Crippen LogP contribution in [0.3, 0.4) is 0 Å². The van der Waals surface area contributed by atoms with Crippen LogP contribution in [0.4, 0.5) is 0 Å². The Balaban J connectivity index is 2.07. The number of aliphatic hydroxyl groups is 3. The molecule has 0 aromatic heterocycles. The predicted octanol–water partition coefficient (Wildman–Crippen LogP) is 0.593. The maximum atomic E-state index is 12.5. The van der Waals surface area contributed by atoms with Gasteiger partial charge in [0.05, 0.1) is 30.1 Å². The summed E-state index contributed by atoms with van der Waals surface area (Å²) in [5.74, 6) is -4.02. The van der Waals surface area contributed by atoms with E-state index in [9.17, 15) is 24.9 Å². The van der Waals surface area contributed by atoms with Gasteiger partial charge in [0.1, 0.15) is 12.2 Å². The van der Waals surface area contributed by atoms with Crippen LogP contribution in [0.1, 0.15) is 40.0 Å². The highest BCUT2D eigenvalue weighted by molar-refractivity contribution is 5.91. The first-order valence-electron chi connectivity index (χ1n) is 9.57. The van der Waals surface area contributed by atoms with E-state index < -0.39 is 54.2 Å². The molecule has 3 aliphatic heterocycles. The van der Waals surface area contributed by atoms with Crippen molar-refractivity contribution in [2.75, 3.05) is 6.61 Å². The van der Waals surface area contributed by atoms with Gasteiger partial charge in [-0.2, -0.15) is 0 Å². The largest absolute Gasteiger partial charge is 0.461 e. The van der Waals surface area contributed by atoms with E-state index in [1.54, 1.807) is 13.8 Å². The van der Waals surface area contributed by atoms with Crippen LogP contribution < -0.4 is 0 Å². The molecule has 3 N–H and O–H groups in total. The first kappa shape index (κ1) is 21.0. The highest BCUT2D eigenvalue weighted by Crippen LogP contribution is 2.48. The number of hydrogen-bond donors (Lipinski definition) is 3. The van der Waals surface area contributed by atoms with Crippen molar-refractivity contribution in [3.63, 3.8) is 0 Å². The molecular weight excluding hydrogens is 368 g/mol. The fourth-order valence-electron chi connectivity index (χ4n) is 4.11. The summed E-state index contributed by atoms with van der Waals surface area (Å²) in [7, 11) is 0. The van der Waals surface area contributed by atoms with Gasteiger partial charge in [0.25, 0.3) is 0 Å². The maximum Gasteiger partial charge on any atom is 0.334 e. The number of aliphatic hydroxyl groups excluding tert-OH is 2. The smallest absolute Gasteiger partial charge is 0.334 e. The summed E-state index contributed by atoms with van der Waals surface area (Å²) in [6.45, 7) is 8.45. The minimum absolute atomic E-state index is 0.0298. The van der Waals surface area contributed by atoms with Gasteiger partial charge < -0.3 is 29.5 Å². The van der Waals surface area contributed by atoms with Gasteiger partial charge in [-0.05, 0) is 19.4 Å². The fourth-order valence-corrected chi connectivity index (χ4v) is 4.11. The lowest BCUT2D eigenvalue weighted by Gasteiger charge is -2.35. The van der Waals surface area contributed by atoms with Crippen LogP contribution in [0.5, 0.6) is 0 Å². The topological polar surface area (TPSA) is 123 Å². The van der Waals surface area contributed by atoms with Crippen LogP contribution in [0.25, 0.3) is 0 Å². The quantitative estimate of drug-likeness (QED) is 0.359. The van der Waals surface area contributed by atoms with E-state index in [4.69, 9.17) is 14.2 Å². The van der Waals surface area contributed by atoms with E-state index in [2.05, 4.69) is 6.58 Å². The second-order valence-electron chi connectivity index (χ2n) is 8.18. The van der Waals surface area contributed by atoms with Crippen molar-refractivity contribution < 1.29 is 39.1 Å². The van der Waals surface area contributed by atoms with Crippen molar-refractivity contribution in [1.82, 2.24) is 0 Å². The number of ether oxygens (including phenoxy) is 3. The summed E-state index contributed by atoms with van der Waals surface area (Å²) < 4.78 is 16.9. The van der Waals surface area contributed by atoms with Gasteiger partial charge in [0.15, 0.2) is 5.79 Å². The van der Waals surface area contributed by atoms with E-state index in [0.29, 0.717) is 6.42 Å². The molecule has 0 aromatic carbocycles. The third kappa shape index (κ3) is 3.39. The molecule has 7 atom stereocenters. The molecule has 0 aromatic rings. The van der Waals surface area contributed by atoms with E-state index >= 15 is 0 Å². The molecule has 2 saturated heterocycles. The van der Waals surface area contributed by atoms with Crippen LogP contribution in [0, 0.1) is 11.8 Å². The first-order valence-corrected chi connectivity index (χ1v) is 9.57. The molecule has 0 spiro atoms. The van der Waals surface area contributed by atoms with Crippen molar-refractivity contribution >= 4 is 11.9 Å². The summed E-state index contributed by atoms with van der Waals surface area (Å²) in [6.07, 6.45) is -0.933. The van der Waals surface area contributed by atoms with Gasteiger partial charge in [0.2, 0.25) is 0 Å². The summed E-state index contributed by atoms with van der Waals surface area (Å²) in [4.78, 5) is 24.7. The lowest BCUT2D eigenvalue weighted by Crippen LogP contribution is -2.45. The number of carbonyl (C=O) groups excluding carboxylic acids is 2. The lowest BCUT2D eigenvalue weighted by molar-refractivity contribution is -0.211. The fraction of sp³-hybridized carbons (Fsp3) is 0.700. The maximum absolute atomic E-state index is 12.5. The zero-order chi connectivity index (χ0) is 20.9. The second kappa shape index (κ2) is 7.26. The minimum atomic E-state index is -1.90. The molecular formula is C20H28O8. The van der Waals surface area contributed by atoms with Gasteiger partial charge in [-0.15, -0.1) is 0 Å². The van der Waals surface area contributed by atoms with Gasteiger partial charge in [0, 0.05) is 24.0 Å². The number of rotatable bonds is 4. The SMILES string of the molecule is C=C1C(=O)O[C@@H]2/C=C(/CO)[C@]3(O)C[C@H](O)[C@](C)(C[C@@H](OC(=O)[C@H](C)CC)[C@@H]12)O3. The van der Waals surface area contributed by atoms with E-state index in [1.807, 2.05) is 6.92 Å². The van der Waals surface area contributed by atoms with Crippen LogP contribution in [-0.4, -0.2) is 63.6 Å². The standard InChI is InChI=1S/C20H28O8/c1-5-10(2)17(23)27-14-7-19(4)15(22)8-20(25,28-19)12(9-21)6-13-16(14)11(3)18(24)26-13/h6,10,13-16,21-22,25H,3,5,7-9H2,1-2,4H3/b12-6-/t10-,13-,14-,15+,16+,19+,20+/m1/s1. The molecule has 0 aliphatic carbocycles. The Morgan fingerprint density at radius 2 is 2.14 bits per heavy atom. The molecule has 0 amide bonds. The average molecular weight is 396 g/mol. The number of fused-ring (bicyclic) bond motifs is 3. The first-order chi connectivity index (χ1) is 13.0. The Morgan fingerprint density at radius 3 is 2.75 bits per heavy atom. The Labute approximate surface area is 163 Å². The molecule has 2 bridgehead atoms. The van der Waals surface area contributed by atoms with Crippen LogP contribution >= 0.6 is 0 Å². The van der Waals surface area contributed by atoms with Gasteiger partial charge in [-0.1, -0.05) is 20.4 Å². The average Bonchev–Trinajstić information content (AvgIpc) is 3.04. The van der Waals surface area contributed by atoms with Crippen molar-refractivity contribution in [3.8, 4) is 0 Å². The third-order valence-electron chi connectivity index (χ3n) is 6.17. The van der Waals surface area contributed by atoms with Crippen molar-refractivity contribution in [2.45, 2.75) is 69.7 Å². The van der Waals surface area contributed by atoms with Gasteiger partial charge >= 0.3 is 11.9 Å². The van der Waals surface area contributed by atoms with Crippen LogP contribution in [0.15, 0.2) is 23.8 Å². The van der Waals surface area contributed by atoms with E-state index in [0.717, 1.165) is 0 Å². The van der Waals surface area contributed by atoms with Crippen molar-refractivity contribution in [3.05, 3.63) is 23.8 Å². The number of carbonyl (C=O) groups is 2. The van der Waals surface area contributed by atoms with Gasteiger partial charge in [-0.25, -0.2) is 4.79 Å². The number of hydrogen-bond acceptors (Lipinski definition) is 8. The lowest BCUT2D eigenvalue weighted by atomic mass is 9.80.